The minimum Gasteiger partial charge on any atom is -0.353 e. The van der Waals surface area contributed by atoms with E-state index in [1.54, 1.807) is 6.92 Å². The summed E-state index contributed by atoms with van der Waals surface area (Å²) < 4.78 is 27.1. The molecule has 23 heavy (non-hydrogen) atoms. The fraction of sp³-hybridized carbons (Fsp3) is 0.500. The van der Waals surface area contributed by atoms with E-state index in [1.165, 1.54) is 28.8 Å². The topological polar surface area (TPSA) is 49.4 Å². The Kier molecular flexibility index (Phi) is 4.57. The van der Waals surface area contributed by atoms with Gasteiger partial charge in [-0.1, -0.05) is 6.07 Å². The zero-order valence-corrected chi connectivity index (χ0v) is 13.5. The van der Waals surface area contributed by atoms with E-state index in [2.05, 4.69) is 5.32 Å². The van der Waals surface area contributed by atoms with E-state index >= 15 is 0 Å². The monoisotopic (exact) mass is 340 g/mol. The van der Waals surface area contributed by atoms with E-state index in [0.717, 1.165) is 18.9 Å². The third-order valence-electron chi connectivity index (χ3n) is 4.00. The van der Waals surface area contributed by atoms with Crippen LogP contribution in [0.1, 0.15) is 37.1 Å². The fourth-order valence-corrected chi connectivity index (χ4v) is 3.93. The van der Waals surface area contributed by atoms with Crippen LogP contribution in [0.5, 0.6) is 0 Å². The molecule has 0 bridgehead atoms. The fourth-order valence-electron chi connectivity index (χ4n) is 2.59. The van der Waals surface area contributed by atoms with Crippen molar-refractivity contribution in [2.75, 3.05) is 6.54 Å². The highest BCUT2D eigenvalue weighted by Crippen LogP contribution is 2.43. The summed E-state index contributed by atoms with van der Waals surface area (Å²) in [6, 6.07) is 3.65. The van der Waals surface area contributed by atoms with Gasteiger partial charge in [-0.15, -0.1) is 11.8 Å². The third-order valence-corrected chi connectivity index (χ3v) is 5.37. The summed E-state index contributed by atoms with van der Waals surface area (Å²) in [7, 11) is 0. The van der Waals surface area contributed by atoms with Crippen molar-refractivity contribution in [2.45, 2.75) is 42.9 Å². The first kappa shape index (κ1) is 16.2. The summed E-state index contributed by atoms with van der Waals surface area (Å²) in [6.45, 7) is 1.99. The van der Waals surface area contributed by atoms with Gasteiger partial charge in [0.05, 0.1) is 5.25 Å². The Hall–Kier alpha value is -1.63. The highest BCUT2D eigenvalue weighted by molar-refractivity contribution is 8.01. The largest absolute Gasteiger partial charge is 0.353 e. The molecular formula is C16H18F2N2O2S. The van der Waals surface area contributed by atoms with Crippen LogP contribution in [0.3, 0.4) is 0 Å². The quantitative estimate of drug-likeness (QED) is 0.896. The SMILES string of the molecule is C[C@H]1S[C@@H](c2ccc(F)cc2F)N(CCC(=O)NC2CC2)C1=O. The van der Waals surface area contributed by atoms with Gasteiger partial charge in [-0.2, -0.15) is 0 Å². The van der Waals surface area contributed by atoms with Gasteiger partial charge in [0.2, 0.25) is 11.8 Å². The molecule has 0 radical (unpaired) electrons. The van der Waals surface area contributed by atoms with Crippen LogP contribution in [0.15, 0.2) is 18.2 Å². The van der Waals surface area contributed by atoms with Crippen LogP contribution in [0.25, 0.3) is 0 Å². The van der Waals surface area contributed by atoms with E-state index < -0.39 is 17.0 Å². The molecule has 1 aromatic carbocycles. The number of rotatable bonds is 5. The van der Waals surface area contributed by atoms with Crippen molar-refractivity contribution in [3.05, 3.63) is 35.4 Å². The first-order chi connectivity index (χ1) is 11.0. The van der Waals surface area contributed by atoms with Crippen LogP contribution in [0, 0.1) is 11.6 Å². The molecule has 4 nitrogen and oxygen atoms in total. The molecule has 0 unspecified atom stereocenters. The summed E-state index contributed by atoms with van der Waals surface area (Å²) in [4.78, 5) is 25.6. The molecule has 2 aliphatic rings. The second-order valence-corrected chi connectivity index (χ2v) is 7.35. The molecule has 2 fully saturated rings. The van der Waals surface area contributed by atoms with E-state index in [0.29, 0.717) is 0 Å². The summed E-state index contributed by atoms with van der Waals surface area (Å²) in [5.74, 6) is -1.54. The molecule has 3 rings (SSSR count). The Morgan fingerprint density at radius 2 is 2.13 bits per heavy atom. The van der Waals surface area contributed by atoms with Crippen LogP contribution in [0.4, 0.5) is 8.78 Å². The maximum atomic E-state index is 14.0. The smallest absolute Gasteiger partial charge is 0.236 e. The lowest BCUT2D eigenvalue weighted by molar-refractivity contribution is -0.130. The van der Waals surface area contributed by atoms with Gasteiger partial charge >= 0.3 is 0 Å². The number of nitrogens with one attached hydrogen (secondary N) is 1. The standard InChI is InChI=1S/C16H18F2N2O2S/c1-9-15(22)20(7-6-14(21)19-11-3-4-11)16(23-9)12-5-2-10(17)8-13(12)18/h2,5,8-9,11,16H,3-4,6-7H2,1H3,(H,19,21)/t9-,16+/m1/s1. The van der Waals surface area contributed by atoms with Crippen LogP contribution in [-0.4, -0.2) is 34.6 Å². The number of halogens is 2. The number of hydrogen-bond donors (Lipinski definition) is 1. The molecule has 2 atom stereocenters. The minimum absolute atomic E-state index is 0.0943. The molecule has 1 aromatic rings. The molecule has 1 aliphatic heterocycles. The van der Waals surface area contributed by atoms with Crippen molar-refractivity contribution >= 4 is 23.6 Å². The zero-order valence-electron chi connectivity index (χ0n) is 12.7. The average Bonchev–Trinajstić information content (AvgIpc) is 3.25. The van der Waals surface area contributed by atoms with E-state index in [4.69, 9.17) is 0 Å². The second kappa shape index (κ2) is 6.47. The van der Waals surface area contributed by atoms with E-state index in [-0.39, 0.29) is 41.6 Å². The van der Waals surface area contributed by atoms with Gasteiger partial charge < -0.3 is 10.2 Å². The summed E-state index contributed by atoms with van der Waals surface area (Å²) >= 11 is 1.31. The van der Waals surface area contributed by atoms with Crippen LogP contribution in [0.2, 0.25) is 0 Å². The van der Waals surface area contributed by atoms with Crippen LogP contribution in [-0.2, 0) is 9.59 Å². The van der Waals surface area contributed by atoms with E-state index in [1.807, 2.05) is 0 Å². The van der Waals surface area contributed by atoms with Crippen molar-refractivity contribution < 1.29 is 18.4 Å². The number of nitrogens with zero attached hydrogens (tertiary/aromatic N) is 1. The van der Waals surface area contributed by atoms with Crippen LogP contribution >= 0.6 is 11.8 Å². The number of carbonyl (C=O) groups excluding carboxylic acids is 2. The number of carbonyl (C=O) groups is 2. The van der Waals surface area contributed by atoms with Crippen molar-refractivity contribution in [1.82, 2.24) is 10.2 Å². The molecule has 0 aromatic heterocycles. The predicted molar refractivity (Wildman–Crippen MR) is 83.6 cm³/mol. The predicted octanol–water partition coefficient (Wildman–Crippen LogP) is 2.60. The summed E-state index contributed by atoms with van der Waals surface area (Å²) in [5, 5.41) is 2.04. The van der Waals surface area contributed by atoms with Gasteiger partial charge in [0.1, 0.15) is 17.0 Å². The third kappa shape index (κ3) is 3.65. The summed E-state index contributed by atoms with van der Waals surface area (Å²) in [6.07, 6.45) is 2.20. The van der Waals surface area contributed by atoms with Crippen molar-refractivity contribution in [1.29, 1.82) is 0 Å². The van der Waals surface area contributed by atoms with Gasteiger partial charge in [-0.25, -0.2) is 8.78 Å². The first-order valence-corrected chi connectivity index (χ1v) is 8.60. The molecule has 1 saturated carbocycles. The highest BCUT2D eigenvalue weighted by atomic mass is 32.2. The average molecular weight is 340 g/mol. The Bertz CT molecular complexity index is 637. The molecule has 2 amide bonds. The Balaban J connectivity index is 1.71. The van der Waals surface area contributed by atoms with Gasteiger partial charge in [-0.3, -0.25) is 9.59 Å². The van der Waals surface area contributed by atoms with Crippen LogP contribution < -0.4 is 5.32 Å². The lowest BCUT2D eigenvalue weighted by atomic mass is 10.1. The molecule has 1 heterocycles. The Morgan fingerprint density at radius 1 is 1.39 bits per heavy atom. The number of amides is 2. The Labute approximate surface area is 137 Å². The molecule has 1 saturated heterocycles. The molecule has 0 spiro atoms. The van der Waals surface area contributed by atoms with Gasteiger partial charge in [0.15, 0.2) is 0 Å². The Morgan fingerprint density at radius 3 is 2.78 bits per heavy atom. The maximum absolute atomic E-state index is 14.0. The van der Waals surface area contributed by atoms with E-state index in [9.17, 15) is 18.4 Å². The van der Waals surface area contributed by atoms with Gasteiger partial charge in [0.25, 0.3) is 0 Å². The molecular weight excluding hydrogens is 322 g/mol. The minimum atomic E-state index is -0.670. The first-order valence-electron chi connectivity index (χ1n) is 7.66. The lowest BCUT2D eigenvalue weighted by Crippen LogP contribution is -2.35. The van der Waals surface area contributed by atoms with Gasteiger partial charge in [-0.05, 0) is 25.8 Å². The normalized spacial score (nSPS) is 24.1. The van der Waals surface area contributed by atoms with Crippen molar-refractivity contribution in [2.24, 2.45) is 0 Å². The number of hydrogen-bond acceptors (Lipinski definition) is 3. The van der Waals surface area contributed by atoms with Gasteiger partial charge in [0, 0.05) is 30.6 Å². The molecule has 124 valence electrons. The zero-order chi connectivity index (χ0) is 16.6. The van der Waals surface area contributed by atoms with Crippen molar-refractivity contribution in [3.63, 3.8) is 0 Å². The number of thioether (sulfide) groups is 1. The number of benzene rings is 1. The highest BCUT2D eigenvalue weighted by Gasteiger charge is 2.39. The second-order valence-electron chi connectivity index (χ2n) is 5.92. The molecule has 1 N–H and O–H groups in total. The molecule has 7 heteroatoms. The maximum Gasteiger partial charge on any atom is 0.236 e. The lowest BCUT2D eigenvalue weighted by Gasteiger charge is -2.24. The molecule has 1 aliphatic carbocycles. The summed E-state index contributed by atoms with van der Waals surface area (Å²) in [5.41, 5.74) is 0.275. The van der Waals surface area contributed by atoms with Crippen molar-refractivity contribution in [3.8, 4) is 0 Å².